The zero-order valence-electron chi connectivity index (χ0n) is 14.9. The second-order valence-corrected chi connectivity index (χ2v) is 5.92. The van der Waals surface area contributed by atoms with E-state index in [1.807, 2.05) is 24.3 Å². The molecule has 138 valence electrons. The van der Waals surface area contributed by atoms with Gasteiger partial charge in [-0.1, -0.05) is 12.1 Å². The third-order valence-corrected chi connectivity index (χ3v) is 4.00. The fourth-order valence-electron chi connectivity index (χ4n) is 2.53. The Morgan fingerprint density at radius 1 is 1.07 bits per heavy atom. The van der Waals surface area contributed by atoms with Crippen LogP contribution in [-0.2, 0) is 6.42 Å². The van der Waals surface area contributed by atoms with Gasteiger partial charge in [-0.25, -0.2) is 9.37 Å². The maximum Gasteiger partial charge on any atom is 0.255 e. The summed E-state index contributed by atoms with van der Waals surface area (Å²) in [5.74, 6) is 0.825. The molecule has 0 bridgehead atoms. The molecular weight excluding hydrogens is 345 g/mol. The van der Waals surface area contributed by atoms with Crippen molar-refractivity contribution in [3.05, 3.63) is 83.8 Å². The molecule has 1 heterocycles. The van der Waals surface area contributed by atoms with Gasteiger partial charge >= 0.3 is 0 Å². The van der Waals surface area contributed by atoms with Crippen LogP contribution >= 0.6 is 0 Å². The van der Waals surface area contributed by atoms with E-state index in [0.29, 0.717) is 23.6 Å². The van der Waals surface area contributed by atoms with Crippen molar-refractivity contribution in [2.75, 3.05) is 24.3 Å². The third-order valence-electron chi connectivity index (χ3n) is 4.00. The number of methoxy groups -OCH3 is 1. The van der Waals surface area contributed by atoms with Crippen molar-refractivity contribution in [2.45, 2.75) is 6.42 Å². The minimum Gasteiger partial charge on any atom is -0.497 e. The largest absolute Gasteiger partial charge is 0.497 e. The fourth-order valence-corrected chi connectivity index (χ4v) is 2.53. The number of benzene rings is 2. The average molecular weight is 365 g/mol. The van der Waals surface area contributed by atoms with E-state index in [2.05, 4.69) is 15.6 Å². The van der Waals surface area contributed by atoms with Crippen molar-refractivity contribution in [3.63, 3.8) is 0 Å². The second-order valence-electron chi connectivity index (χ2n) is 5.92. The molecule has 5 nitrogen and oxygen atoms in total. The van der Waals surface area contributed by atoms with Gasteiger partial charge in [0.25, 0.3) is 5.91 Å². The standard InChI is InChI=1S/C21H20FN3O2/c1-27-19-8-2-15(3-9-19)10-12-23-20-14-16(11-13-24-20)21(26)25-18-6-4-17(22)5-7-18/h2-9,11,13-14H,10,12H2,1H3,(H,23,24)(H,25,26). The summed E-state index contributed by atoms with van der Waals surface area (Å²) in [7, 11) is 1.64. The lowest BCUT2D eigenvalue weighted by molar-refractivity contribution is 0.102. The highest BCUT2D eigenvalue weighted by atomic mass is 19.1. The summed E-state index contributed by atoms with van der Waals surface area (Å²) in [6, 6.07) is 16.8. The molecule has 0 radical (unpaired) electrons. The van der Waals surface area contributed by atoms with E-state index in [0.717, 1.165) is 12.2 Å². The minimum absolute atomic E-state index is 0.276. The van der Waals surface area contributed by atoms with Gasteiger partial charge in [-0.15, -0.1) is 0 Å². The van der Waals surface area contributed by atoms with E-state index in [9.17, 15) is 9.18 Å². The highest BCUT2D eigenvalue weighted by molar-refractivity contribution is 6.04. The number of nitrogens with one attached hydrogen (secondary N) is 2. The maximum absolute atomic E-state index is 12.9. The van der Waals surface area contributed by atoms with Crippen molar-refractivity contribution in [2.24, 2.45) is 0 Å². The number of hydrogen-bond acceptors (Lipinski definition) is 4. The molecule has 3 rings (SSSR count). The Bertz CT molecular complexity index is 896. The first-order valence-corrected chi connectivity index (χ1v) is 8.54. The van der Waals surface area contributed by atoms with Gasteiger partial charge in [-0.05, 0) is 60.5 Å². The zero-order valence-corrected chi connectivity index (χ0v) is 14.9. The molecule has 2 aromatic carbocycles. The molecule has 3 aromatic rings. The molecule has 0 unspecified atom stereocenters. The second kappa shape index (κ2) is 8.80. The minimum atomic E-state index is -0.347. The summed E-state index contributed by atoms with van der Waals surface area (Å²) in [6.45, 7) is 0.683. The van der Waals surface area contributed by atoms with Crippen LogP contribution in [0.15, 0.2) is 66.9 Å². The smallest absolute Gasteiger partial charge is 0.255 e. The van der Waals surface area contributed by atoms with Crippen molar-refractivity contribution in [1.29, 1.82) is 0 Å². The van der Waals surface area contributed by atoms with Crippen molar-refractivity contribution >= 4 is 17.4 Å². The van der Waals surface area contributed by atoms with Gasteiger partial charge in [0.15, 0.2) is 0 Å². The van der Waals surface area contributed by atoms with Crippen LogP contribution < -0.4 is 15.4 Å². The summed E-state index contributed by atoms with van der Waals surface area (Å²) in [4.78, 5) is 16.6. The van der Waals surface area contributed by atoms with Crippen LogP contribution in [0.5, 0.6) is 5.75 Å². The number of nitrogens with zero attached hydrogens (tertiary/aromatic N) is 1. The van der Waals surface area contributed by atoms with Crippen LogP contribution in [0.25, 0.3) is 0 Å². The van der Waals surface area contributed by atoms with Gasteiger partial charge in [0, 0.05) is 24.0 Å². The summed E-state index contributed by atoms with van der Waals surface area (Å²) < 4.78 is 18.1. The first-order valence-electron chi connectivity index (χ1n) is 8.54. The van der Waals surface area contributed by atoms with Crippen LogP contribution in [0.2, 0.25) is 0 Å². The molecule has 1 aromatic heterocycles. The number of hydrogen-bond donors (Lipinski definition) is 2. The van der Waals surface area contributed by atoms with Gasteiger partial charge in [0.05, 0.1) is 7.11 Å². The number of amides is 1. The molecule has 2 N–H and O–H groups in total. The monoisotopic (exact) mass is 365 g/mol. The van der Waals surface area contributed by atoms with Crippen LogP contribution in [0.3, 0.4) is 0 Å². The van der Waals surface area contributed by atoms with Crippen LogP contribution in [0.1, 0.15) is 15.9 Å². The van der Waals surface area contributed by atoms with Gasteiger partial charge in [0.2, 0.25) is 0 Å². The van der Waals surface area contributed by atoms with Gasteiger partial charge in [-0.3, -0.25) is 4.79 Å². The predicted octanol–water partition coefficient (Wildman–Crippen LogP) is 4.14. The molecule has 27 heavy (non-hydrogen) atoms. The molecule has 0 atom stereocenters. The number of rotatable bonds is 7. The maximum atomic E-state index is 12.9. The molecule has 0 aliphatic carbocycles. The topological polar surface area (TPSA) is 63.2 Å². The van der Waals surface area contributed by atoms with E-state index >= 15 is 0 Å². The van der Waals surface area contributed by atoms with E-state index < -0.39 is 0 Å². The summed E-state index contributed by atoms with van der Waals surface area (Å²) in [5, 5.41) is 5.95. The fraction of sp³-hybridized carbons (Fsp3) is 0.143. The normalized spacial score (nSPS) is 10.3. The molecule has 0 saturated carbocycles. The predicted molar refractivity (Wildman–Crippen MR) is 104 cm³/mol. The number of pyridine rings is 1. The molecule has 0 aliphatic heterocycles. The van der Waals surface area contributed by atoms with Crippen LogP contribution in [0, 0.1) is 5.82 Å². The Labute approximate surface area is 157 Å². The summed E-state index contributed by atoms with van der Waals surface area (Å²) in [6.07, 6.45) is 2.40. The highest BCUT2D eigenvalue weighted by Crippen LogP contribution is 2.14. The molecule has 0 fully saturated rings. The molecular formula is C21H20FN3O2. The number of carbonyl (C=O) groups excluding carboxylic acids is 1. The first kappa shape index (κ1) is 18.4. The van der Waals surface area contributed by atoms with Crippen LogP contribution in [-0.4, -0.2) is 24.5 Å². The SMILES string of the molecule is COc1ccc(CCNc2cc(C(=O)Nc3ccc(F)cc3)ccn2)cc1. The highest BCUT2D eigenvalue weighted by Gasteiger charge is 2.07. The Morgan fingerprint density at radius 3 is 2.52 bits per heavy atom. The number of ether oxygens (including phenoxy) is 1. The lowest BCUT2D eigenvalue weighted by Gasteiger charge is -2.09. The van der Waals surface area contributed by atoms with Crippen LogP contribution in [0.4, 0.5) is 15.9 Å². The van der Waals surface area contributed by atoms with E-state index in [1.165, 1.54) is 29.8 Å². The summed E-state index contributed by atoms with van der Waals surface area (Å²) >= 11 is 0. The van der Waals surface area contributed by atoms with Crippen molar-refractivity contribution in [1.82, 2.24) is 4.98 Å². The Hall–Kier alpha value is -3.41. The molecule has 0 aliphatic rings. The van der Waals surface area contributed by atoms with Gasteiger partial charge in [0.1, 0.15) is 17.4 Å². The van der Waals surface area contributed by atoms with Gasteiger partial charge in [-0.2, -0.15) is 0 Å². The number of aromatic nitrogens is 1. The number of halogens is 1. The Kier molecular flexibility index (Phi) is 5.99. The number of carbonyl (C=O) groups is 1. The van der Waals surface area contributed by atoms with E-state index in [1.54, 1.807) is 25.4 Å². The molecule has 0 spiro atoms. The quantitative estimate of drug-likeness (QED) is 0.661. The third kappa shape index (κ3) is 5.28. The zero-order chi connectivity index (χ0) is 19.1. The lowest BCUT2D eigenvalue weighted by atomic mass is 10.1. The van der Waals surface area contributed by atoms with E-state index in [-0.39, 0.29) is 11.7 Å². The average Bonchev–Trinajstić information content (AvgIpc) is 2.70. The number of anilines is 2. The first-order chi connectivity index (χ1) is 13.1. The van der Waals surface area contributed by atoms with E-state index in [4.69, 9.17) is 4.74 Å². The summed E-state index contributed by atoms with van der Waals surface area (Å²) in [5.41, 5.74) is 2.18. The Balaban J connectivity index is 1.56. The van der Waals surface area contributed by atoms with Gasteiger partial charge < -0.3 is 15.4 Å². The molecule has 6 heteroatoms. The Morgan fingerprint density at radius 2 is 1.81 bits per heavy atom. The molecule has 1 amide bonds. The van der Waals surface area contributed by atoms with Crippen molar-refractivity contribution in [3.8, 4) is 5.75 Å². The lowest BCUT2D eigenvalue weighted by Crippen LogP contribution is -2.13. The van der Waals surface area contributed by atoms with Crippen molar-refractivity contribution < 1.29 is 13.9 Å². The molecule has 0 saturated heterocycles.